The van der Waals surface area contributed by atoms with Gasteiger partial charge in [0.05, 0.1) is 16.9 Å². The van der Waals surface area contributed by atoms with Gasteiger partial charge in [-0.3, -0.25) is 9.59 Å². The number of aryl methyl sites for hydroxylation is 1. The van der Waals surface area contributed by atoms with Gasteiger partial charge in [-0.15, -0.1) is 0 Å². The number of nitrogens with zero attached hydrogens (tertiary/aromatic N) is 2. The Kier molecular flexibility index (Phi) is 6.47. The number of halogens is 2. The first-order valence-electron chi connectivity index (χ1n) is 8.87. The van der Waals surface area contributed by atoms with Gasteiger partial charge in [0.1, 0.15) is 0 Å². The first kappa shape index (κ1) is 20.8. The highest BCUT2D eigenvalue weighted by atomic mass is 35.5. The van der Waals surface area contributed by atoms with Crippen LogP contribution in [0.3, 0.4) is 0 Å². The van der Waals surface area contributed by atoms with Crippen molar-refractivity contribution in [1.29, 1.82) is 0 Å². The molecule has 29 heavy (non-hydrogen) atoms. The van der Waals surface area contributed by atoms with Gasteiger partial charge < -0.3 is 0 Å². The van der Waals surface area contributed by atoms with E-state index in [4.69, 9.17) is 23.2 Å². The minimum Gasteiger partial charge on any atom is -0.289 e. The lowest BCUT2D eigenvalue weighted by atomic mass is 9.98. The molecule has 0 saturated heterocycles. The van der Waals surface area contributed by atoms with Crippen molar-refractivity contribution in [3.63, 3.8) is 0 Å². The van der Waals surface area contributed by atoms with Crippen LogP contribution in [0.4, 0.5) is 5.69 Å². The Balaban J connectivity index is 1.96. The van der Waals surface area contributed by atoms with E-state index in [-0.39, 0.29) is 16.7 Å². The highest BCUT2D eigenvalue weighted by Crippen LogP contribution is 2.30. The fraction of sp³-hybridized carbons (Fsp3) is 0.0870. The van der Waals surface area contributed by atoms with E-state index in [1.807, 2.05) is 30.3 Å². The zero-order valence-electron chi connectivity index (χ0n) is 15.9. The van der Waals surface area contributed by atoms with E-state index in [9.17, 15) is 9.59 Å². The minimum absolute atomic E-state index is 0.210. The van der Waals surface area contributed by atoms with Crippen LogP contribution in [-0.2, 0) is 4.79 Å². The molecule has 0 aromatic heterocycles. The average molecular weight is 425 g/mol. The second-order valence-corrected chi connectivity index (χ2v) is 7.29. The van der Waals surface area contributed by atoms with E-state index in [1.165, 1.54) is 11.9 Å². The molecule has 0 saturated carbocycles. The summed E-state index contributed by atoms with van der Waals surface area (Å²) in [6, 6.07) is 19.3. The number of carbonyl (C=O) groups is 2. The largest absolute Gasteiger partial charge is 0.289 e. The summed E-state index contributed by atoms with van der Waals surface area (Å²) in [4.78, 5) is 25.0. The molecule has 0 atom stereocenters. The predicted octanol–water partition coefficient (Wildman–Crippen LogP) is 5.92. The Labute approximate surface area is 179 Å². The number of ketones is 1. The SMILES string of the molecule is CC(=O)N(N=Cc1ccccc1)c1cc(C)c(C(=O)c2ccc(Cl)cc2)c(Cl)c1. The van der Waals surface area contributed by atoms with Crippen molar-refractivity contribution < 1.29 is 9.59 Å². The lowest BCUT2D eigenvalue weighted by Gasteiger charge is -2.18. The van der Waals surface area contributed by atoms with E-state index in [0.717, 1.165) is 5.56 Å². The van der Waals surface area contributed by atoms with Crippen LogP contribution >= 0.6 is 23.2 Å². The van der Waals surface area contributed by atoms with Gasteiger partial charge in [0.2, 0.25) is 5.91 Å². The third-order valence-corrected chi connectivity index (χ3v) is 4.82. The third-order valence-electron chi connectivity index (χ3n) is 4.27. The molecule has 146 valence electrons. The summed E-state index contributed by atoms with van der Waals surface area (Å²) in [6.07, 6.45) is 1.59. The number of carbonyl (C=O) groups excluding carboxylic acids is 2. The van der Waals surface area contributed by atoms with Crippen LogP contribution in [0.1, 0.15) is 34.0 Å². The number of anilines is 1. The lowest BCUT2D eigenvalue weighted by Crippen LogP contribution is -2.23. The number of hydrogen-bond acceptors (Lipinski definition) is 3. The molecule has 0 unspecified atom stereocenters. The second-order valence-electron chi connectivity index (χ2n) is 6.44. The fourth-order valence-corrected chi connectivity index (χ4v) is 3.35. The van der Waals surface area contributed by atoms with Crippen molar-refractivity contribution in [3.05, 3.63) is 99.0 Å². The standard InChI is InChI=1S/C23H18Cl2N2O2/c1-15-12-20(27(16(2)28)26-14-17-6-4-3-5-7-17)13-21(25)22(15)23(29)18-8-10-19(24)11-9-18/h3-14H,1-2H3. The molecule has 0 spiro atoms. The van der Waals surface area contributed by atoms with Crippen LogP contribution in [0.5, 0.6) is 0 Å². The van der Waals surface area contributed by atoms with E-state index in [0.29, 0.717) is 27.4 Å². The average Bonchev–Trinajstić information content (AvgIpc) is 2.68. The maximum Gasteiger partial charge on any atom is 0.244 e. The predicted molar refractivity (Wildman–Crippen MR) is 118 cm³/mol. The van der Waals surface area contributed by atoms with Gasteiger partial charge in [0.25, 0.3) is 0 Å². The van der Waals surface area contributed by atoms with Crippen molar-refractivity contribution in [2.24, 2.45) is 5.10 Å². The quantitative estimate of drug-likeness (QED) is 0.290. The van der Waals surface area contributed by atoms with Gasteiger partial charge in [-0.05, 0) is 54.4 Å². The monoisotopic (exact) mass is 424 g/mol. The number of rotatable bonds is 5. The molecule has 1 amide bonds. The Morgan fingerprint density at radius 1 is 0.966 bits per heavy atom. The summed E-state index contributed by atoms with van der Waals surface area (Å²) in [6.45, 7) is 3.19. The van der Waals surface area contributed by atoms with E-state index in [2.05, 4.69) is 5.10 Å². The van der Waals surface area contributed by atoms with Crippen molar-refractivity contribution >= 4 is 46.8 Å². The highest BCUT2D eigenvalue weighted by Gasteiger charge is 2.19. The molecule has 0 radical (unpaired) electrons. The van der Waals surface area contributed by atoms with Crippen LogP contribution in [0.2, 0.25) is 10.0 Å². The number of benzene rings is 3. The van der Waals surface area contributed by atoms with Crippen molar-refractivity contribution in [1.82, 2.24) is 0 Å². The van der Waals surface area contributed by atoms with Crippen LogP contribution in [0.15, 0.2) is 71.8 Å². The van der Waals surface area contributed by atoms with Crippen LogP contribution in [0, 0.1) is 6.92 Å². The first-order valence-corrected chi connectivity index (χ1v) is 9.62. The Hall–Kier alpha value is -2.95. The molecule has 3 aromatic carbocycles. The number of hydrazone groups is 1. The fourth-order valence-electron chi connectivity index (χ4n) is 2.87. The summed E-state index contributed by atoms with van der Waals surface area (Å²) in [5.74, 6) is -0.484. The topological polar surface area (TPSA) is 49.7 Å². The summed E-state index contributed by atoms with van der Waals surface area (Å²) >= 11 is 12.3. The maximum absolute atomic E-state index is 12.9. The molecule has 0 bridgehead atoms. The molecule has 0 heterocycles. The number of amides is 1. The Morgan fingerprint density at radius 3 is 2.21 bits per heavy atom. The summed E-state index contributed by atoms with van der Waals surface area (Å²) in [5.41, 5.74) is 2.86. The zero-order chi connectivity index (χ0) is 21.0. The molecule has 0 fully saturated rings. The molecule has 0 aliphatic carbocycles. The first-order chi connectivity index (χ1) is 13.9. The van der Waals surface area contributed by atoms with Crippen molar-refractivity contribution in [3.8, 4) is 0 Å². The van der Waals surface area contributed by atoms with Crippen LogP contribution in [-0.4, -0.2) is 17.9 Å². The van der Waals surface area contributed by atoms with Gasteiger partial charge in [-0.25, -0.2) is 5.01 Å². The van der Waals surface area contributed by atoms with Crippen LogP contribution < -0.4 is 5.01 Å². The molecule has 0 aliphatic heterocycles. The smallest absolute Gasteiger partial charge is 0.244 e. The lowest BCUT2D eigenvalue weighted by molar-refractivity contribution is -0.116. The van der Waals surface area contributed by atoms with Gasteiger partial charge in [-0.2, -0.15) is 5.10 Å². The third kappa shape index (κ3) is 4.91. The normalized spacial score (nSPS) is 10.9. The van der Waals surface area contributed by atoms with E-state index >= 15 is 0 Å². The Morgan fingerprint density at radius 2 is 1.62 bits per heavy atom. The highest BCUT2D eigenvalue weighted by molar-refractivity contribution is 6.35. The molecular formula is C23H18Cl2N2O2. The van der Waals surface area contributed by atoms with Gasteiger partial charge in [0.15, 0.2) is 5.78 Å². The molecule has 0 N–H and O–H groups in total. The molecule has 3 aromatic rings. The molecular weight excluding hydrogens is 407 g/mol. The molecule has 3 rings (SSSR count). The molecule has 4 nitrogen and oxygen atoms in total. The maximum atomic E-state index is 12.9. The zero-order valence-corrected chi connectivity index (χ0v) is 17.4. The van der Waals surface area contributed by atoms with Crippen LogP contribution in [0.25, 0.3) is 0 Å². The molecule has 0 aliphatic rings. The number of hydrogen-bond donors (Lipinski definition) is 0. The summed E-state index contributed by atoms with van der Waals surface area (Å²) in [7, 11) is 0. The van der Waals surface area contributed by atoms with Crippen molar-refractivity contribution in [2.75, 3.05) is 5.01 Å². The Bertz CT molecular complexity index is 1050. The second kappa shape index (κ2) is 9.03. The summed E-state index contributed by atoms with van der Waals surface area (Å²) in [5, 5.41) is 6.34. The van der Waals surface area contributed by atoms with Crippen molar-refractivity contribution in [2.45, 2.75) is 13.8 Å². The van der Waals surface area contributed by atoms with Gasteiger partial charge >= 0.3 is 0 Å². The summed E-state index contributed by atoms with van der Waals surface area (Å²) < 4.78 is 0. The van der Waals surface area contributed by atoms with E-state index in [1.54, 1.807) is 49.5 Å². The van der Waals surface area contributed by atoms with E-state index < -0.39 is 0 Å². The van der Waals surface area contributed by atoms with Gasteiger partial charge in [-0.1, -0.05) is 53.5 Å². The minimum atomic E-state index is -0.274. The molecule has 6 heteroatoms. The van der Waals surface area contributed by atoms with Gasteiger partial charge in [0, 0.05) is 23.1 Å².